The first-order chi connectivity index (χ1) is 8.61. The highest BCUT2D eigenvalue weighted by molar-refractivity contribution is 5.11. The molecule has 1 aromatic rings. The van der Waals surface area contributed by atoms with Crippen molar-refractivity contribution in [3.63, 3.8) is 0 Å². The van der Waals surface area contributed by atoms with Crippen molar-refractivity contribution < 1.29 is 5.11 Å². The smallest absolute Gasteiger partial charge is 0.0804 e. The van der Waals surface area contributed by atoms with E-state index in [2.05, 4.69) is 25.1 Å². The van der Waals surface area contributed by atoms with Crippen molar-refractivity contribution >= 4 is 0 Å². The van der Waals surface area contributed by atoms with Crippen molar-refractivity contribution in [2.45, 2.75) is 46.6 Å². The van der Waals surface area contributed by atoms with E-state index in [0.717, 1.165) is 24.0 Å². The quantitative estimate of drug-likeness (QED) is 0.785. The van der Waals surface area contributed by atoms with E-state index in [9.17, 15) is 5.11 Å². The van der Waals surface area contributed by atoms with Crippen LogP contribution < -0.4 is 0 Å². The molecule has 0 saturated carbocycles. The number of aliphatic hydroxyl groups is 1. The van der Waals surface area contributed by atoms with Gasteiger partial charge in [-0.1, -0.05) is 58.1 Å². The third-order valence-corrected chi connectivity index (χ3v) is 1.98. The van der Waals surface area contributed by atoms with Crippen LogP contribution in [0, 0.1) is 0 Å². The summed E-state index contributed by atoms with van der Waals surface area (Å²) >= 11 is 0. The molecule has 2 nitrogen and oxygen atoms in total. The van der Waals surface area contributed by atoms with Gasteiger partial charge in [-0.15, -0.1) is 0 Å². The second kappa shape index (κ2) is 13.7. The Kier molecular flexibility index (Phi) is 14.4. The van der Waals surface area contributed by atoms with Gasteiger partial charge in [-0.25, -0.2) is 0 Å². The molecule has 1 rings (SSSR count). The monoisotopic (exact) mass is 249 g/mol. The van der Waals surface area contributed by atoms with E-state index in [1.165, 1.54) is 0 Å². The maximum atomic E-state index is 9.48. The third kappa shape index (κ3) is 11.1. The largest absolute Gasteiger partial charge is 0.388 e. The Morgan fingerprint density at radius 1 is 1.50 bits per heavy atom. The van der Waals surface area contributed by atoms with Crippen molar-refractivity contribution in [2.24, 2.45) is 0 Å². The Morgan fingerprint density at radius 3 is 2.39 bits per heavy atom. The van der Waals surface area contributed by atoms with E-state index in [-0.39, 0.29) is 6.10 Å². The van der Waals surface area contributed by atoms with Gasteiger partial charge in [-0.2, -0.15) is 0 Å². The fraction of sp³-hybridized carbons (Fsp3) is 0.438. The molecular weight excluding hydrogens is 222 g/mol. The molecule has 1 heterocycles. The van der Waals surface area contributed by atoms with E-state index >= 15 is 0 Å². The molecule has 0 saturated heterocycles. The van der Waals surface area contributed by atoms with E-state index in [4.69, 9.17) is 0 Å². The summed E-state index contributed by atoms with van der Waals surface area (Å²) in [6.45, 7) is 15.0. The fourth-order valence-corrected chi connectivity index (χ4v) is 1.01. The van der Waals surface area contributed by atoms with Crippen LogP contribution in [0.3, 0.4) is 0 Å². The first-order valence-electron chi connectivity index (χ1n) is 6.47. The molecule has 18 heavy (non-hydrogen) atoms. The van der Waals surface area contributed by atoms with Gasteiger partial charge in [-0.3, -0.25) is 4.98 Å². The molecule has 0 spiro atoms. The molecule has 2 heteroatoms. The fourth-order valence-electron chi connectivity index (χ4n) is 1.01. The summed E-state index contributed by atoms with van der Waals surface area (Å²) in [4.78, 5) is 3.93. The first-order valence-corrected chi connectivity index (χ1v) is 6.47. The van der Waals surface area contributed by atoms with Crippen LogP contribution in [0.1, 0.15) is 52.2 Å². The molecule has 0 aliphatic rings. The van der Waals surface area contributed by atoms with Gasteiger partial charge in [0.05, 0.1) is 6.10 Å². The van der Waals surface area contributed by atoms with Gasteiger partial charge in [0.15, 0.2) is 0 Å². The molecule has 1 N–H and O–H groups in total. The number of nitrogens with zero attached hydrogens (tertiary/aromatic N) is 1. The summed E-state index contributed by atoms with van der Waals surface area (Å²) in [6.07, 6.45) is 6.61. The van der Waals surface area contributed by atoms with E-state index in [0.29, 0.717) is 0 Å². The van der Waals surface area contributed by atoms with Crippen molar-refractivity contribution in [3.05, 3.63) is 54.9 Å². The minimum Gasteiger partial charge on any atom is -0.388 e. The summed E-state index contributed by atoms with van der Waals surface area (Å²) in [6, 6.07) is 3.74. The van der Waals surface area contributed by atoms with E-state index in [1.807, 2.05) is 32.9 Å². The number of rotatable bonds is 4. The minimum absolute atomic E-state index is 0.339. The van der Waals surface area contributed by atoms with Crippen LogP contribution in [-0.4, -0.2) is 10.1 Å². The highest BCUT2D eigenvalue weighted by Gasteiger charge is 2.03. The lowest BCUT2D eigenvalue weighted by molar-refractivity contribution is 0.166. The number of hydrogen-bond donors (Lipinski definition) is 1. The maximum Gasteiger partial charge on any atom is 0.0804 e. The predicted octanol–water partition coefficient (Wildman–Crippen LogP) is 4.69. The van der Waals surface area contributed by atoms with Gasteiger partial charge < -0.3 is 5.11 Å². The van der Waals surface area contributed by atoms with E-state index < -0.39 is 0 Å². The zero-order chi connectivity index (χ0) is 14.4. The van der Waals surface area contributed by atoms with Crippen molar-refractivity contribution in [3.8, 4) is 0 Å². The number of hydrogen-bond acceptors (Lipinski definition) is 2. The second-order valence-corrected chi connectivity index (χ2v) is 3.64. The maximum absolute atomic E-state index is 9.48. The van der Waals surface area contributed by atoms with Crippen LogP contribution in [0.5, 0.6) is 0 Å². The van der Waals surface area contributed by atoms with Crippen LogP contribution in [0.15, 0.2) is 49.3 Å². The number of aliphatic hydroxyl groups excluding tert-OH is 1. The number of pyridine rings is 1. The lowest BCUT2D eigenvalue weighted by Gasteiger charge is -2.07. The molecule has 0 aromatic carbocycles. The van der Waals surface area contributed by atoms with Gasteiger partial charge >= 0.3 is 0 Å². The first kappa shape index (κ1) is 18.9. The molecule has 0 bridgehead atoms. The summed E-state index contributed by atoms with van der Waals surface area (Å²) in [5, 5.41) is 9.48. The molecule has 0 aliphatic carbocycles. The van der Waals surface area contributed by atoms with Crippen LogP contribution in [0.4, 0.5) is 0 Å². The van der Waals surface area contributed by atoms with Gasteiger partial charge in [0.25, 0.3) is 0 Å². The molecule has 0 radical (unpaired) electrons. The highest BCUT2D eigenvalue weighted by Crippen LogP contribution is 2.15. The predicted molar refractivity (Wildman–Crippen MR) is 80.5 cm³/mol. The highest BCUT2D eigenvalue weighted by atomic mass is 16.3. The molecule has 102 valence electrons. The Hall–Kier alpha value is -1.41. The molecule has 1 aromatic heterocycles. The standard InChI is InChI=1S/C9H13NO.C5H8.C2H6/c1-2-4-9(11)8-5-3-6-10-7-8;1-4-5(2)3;1-2/h3,5-7,9,11H,2,4H2,1H3;4H,1-2H2,3H3;1-2H3. The summed E-state index contributed by atoms with van der Waals surface area (Å²) in [5.74, 6) is 0. The Bertz CT molecular complexity index is 306. The summed E-state index contributed by atoms with van der Waals surface area (Å²) in [7, 11) is 0. The van der Waals surface area contributed by atoms with Gasteiger partial charge in [0.2, 0.25) is 0 Å². The molecule has 1 atom stereocenters. The minimum atomic E-state index is -0.339. The molecule has 0 fully saturated rings. The summed E-state index contributed by atoms with van der Waals surface area (Å²) < 4.78 is 0. The lowest BCUT2D eigenvalue weighted by atomic mass is 10.1. The van der Waals surface area contributed by atoms with Crippen LogP contribution >= 0.6 is 0 Å². The zero-order valence-corrected chi connectivity index (χ0v) is 12.2. The SMILES string of the molecule is C=CC(=C)C.CC.CCCC(O)c1cccnc1. The third-order valence-electron chi connectivity index (χ3n) is 1.98. The van der Waals surface area contributed by atoms with Crippen LogP contribution in [-0.2, 0) is 0 Å². The average molecular weight is 249 g/mol. The van der Waals surface area contributed by atoms with Crippen molar-refractivity contribution in [1.82, 2.24) is 4.98 Å². The topological polar surface area (TPSA) is 33.1 Å². The Labute approximate surface area is 112 Å². The number of allylic oxidation sites excluding steroid dienone is 2. The van der Waals surface area contributed by atoms with Crippen LogP contribution in [0.2, 0.25) is 0 Å². The Morgan fingerprint density at radius 2 is 2.06 bits per heavy atom. The zero-order valence-electron chi connectivity index (χ0n) is 12.2. The molecule has 0 amide bonds. The van der Waals surface area contributed by atoms with Crippen molar-refractivity contribution in [1.29, 1.82) is 0 Å². The van der Waals surface area contributed by atoms with Crippen LogP contribution in [0.25, 0.3) is 0 Å². The van der Waals surface area contributed by atoms with Gasteiger partial charge in [-0.05, 0) is 25.0 Å². The summed E-state index contributed by atoms with van der Waals surface area (Å²) in [5.41, 5.74) is 1.93. The average Bonchev–Trinajstić information content (AvgIpc) is 2.43. The lowest BCUT2D eigenvalue weighted by Crippen LogP contribution is -1.96. The number of aromatic nitrogens is 1. The molecular formula is C16H27NO. The van der Waals surface area contributed by atoms with Crippen molar-refractivity contribution in [2.75, 3.05) is 0 Å². The van der Waals surface area contributed by atoms with Gasteiger partial charge in [0.1, 0.15) is 0 Å². The van der Waals surface area contributed by atoms with Gasteiger partial charge in [0, 0.05) is 12.4 Å². The normalized spacial score (nSPS) is 10.1. The molecule has 0 aliphatic heterocycles. The second-order valence-electron chi connectivity index (χ2n) is 3.64. The van der Waals surface area contributed by atoms with E-state index in [1.54, 1.807) is 18.5 Å². The molecule has 1 unspecified atom stereocenters. The Balaban J connectivity index is 0.